The van der Waals surface area contributed by atoms with E-state index in [1.165, 1.54) is 12.4 Å². The fraction of sp³-hybridized carbons (Fsp3) is 0.222. The molecule has 1 rings (SSSR count). The van der Waals surface area contributed by atoms with Gasteiger partial charge in [-0.05, 0) is 6.92 Å². The van der Waals surface area contributed by atoms with Gasteiger partial charge in [0.05, 0.1) is 0 Å². The minimum absolute atomic E-state index is 0.0239. The van der Waals surface area contributed by atoms with Gasteiger partial charge in [0.15, 0.2) is 5.69 Å². The Bertz CT molecular complexity index is 363. The number of carboxylic acids is 1. The molecule has 0 radical (unpaired) electrons. The number of aromatic nitrogens is 2. The van der Waals surface area contributed by atoms with Gasteiger partial charge in [-0.2, -0.15) is 0 Å². The largest absolute Gasteiger partial charge is 0.477 e. The first-order chi connectivity index (χ1) is 6.59. The van der Waals surface area contributed by atoms with Gasteiger partial charge in [-0.25, -0.2) is 14.8 Å². The summed E-state index contributed by atoms with van der Waals surface area (Å²) in [5.74, 6) is -0.578. The molecule has 0 unspecified atom stereocenters. The highest BCUT2D eigenvalue weighted by molar-refractivity contribution is 5.85. The van der Waals surface area contributed by atoms with Crippen molar-refractivity contribution in [1.29, 1.82) is 0 Å². The molecular weight excluding hydrogens is 182 g/mol. The van der Waals surface area contributed by atoms with E-state index in [4.69, 9.17) is 5.11 Å². The van der Waals surface area contributed by atoms with Crippen molar-refractivity contribution in [3.05, 3.63) is 30.2 Å². The number of carboxylic acid groups (broad SMARTS) is 1. The van der Waals surface area contributed by atoms with Crippen LogP contribution in [0.4, 0.5) is 5.82 Å². The summed E-state index contributed by atoms with van der Waals surface area (Å²) in [6.07, 6.45) is 1.21. The summed E-state index contributed by atoms with van der Waals surface area (Å²) in [5, 5.41) is 11.6. The smallest absolute Gasteiger partial charge is 0.354 e. The van der Waals surface area contributed by atoms with Crippen molar-refractivity contribution < 1.29 is 9.90 Å². The van der Waals surface area contributed by atoms with E-state index in [0.29, 0.717) is 12.4 Å². The Labute approximate surface area is 81.5 Å². The molecule has 5 nitrogen and oxygen atoms in total. The number of hydrogen-bond acceptors (Lipinski definition) is 4. The highest BCUT2D eigenvalue weighted by atomic mass is 16.4. The first-order valence-corrected chi connectivity index (χ1v) is 4.03. The maximum Gasteiger partial charge on any atom is 0.354 e. The fourth-order valence-corrected chi connectivity index (χ4v) is 0.812. The van der Waals surface area contributed by atoms with E-state index in [1.807, 2.05) is 6.92 Å². The predicted octanol–water partition coefficient (Wildman–Crippen LogP) is 1.16. The van der Waals surface area contributed by atoms with Crippen LogP contribution >= 0.6 is 0 Å². The molecule has 1 aromatic rings. The van der Waals surface area contributed by atoms with E-state index in [9.17, 15) is 4.79 Å². The highest BCUT2D eigenvalue weighted by Gasteiger charge is 2.05. The SMILES string of the molecule is C=C(C)CNc1cc(C(=O)O)ncn1. The van der Waals surface area contributed by atoms with Gasteiger partial charge < -0.3 is 10.4 Å². The van der Waals surface area contributed by atoms with Crippen LogP contribution in [0.3, 0.4) is 0 Å². The van der Waals surface area contributed by atoms with Gasteiger partial charge in [0, 0.05) is 12.6 Å². The van der Waals surface area contributed by atoms with E-state index in [2.05, 4.69) is 21.9 Å². The number of nitrogens with one attached hydrogen (secondary N) is 1. The maximum atomic E-state index is 10.6. The third kappa shape index (κ3) is 2.85. The molecule has 5 heteroatoms. The van der Waals surface area contributed by atoms with Crippen molar-refractivity contribution in [3.63, 3.8) is 0 Å². The highest BCUT2D eigenvalue weighted by Crippen LogP contribution is 2.04. The summed E-state index contributed by atoms with van der Waals surface area (Å²) in [7, 11) is 0. The molecule has 0 bridgehead atoms. The first-order valence-electron chi connectivity index (χ1n) is 4.03. The Morgan fingerprint density at radius 2 is 2.36 bits per heavy atom. The van der Waals surface area contributed by atoms with Crippen LogP contribution < -0.4 is 5.32 Å². The first kappa shape index (κ1) is 10.2. The number of rotatable bonds is 4. The second kappa shape index (κ2) is 4.36. The number of anilines is 1. The quantitative estimate of drug-likeness (QED) is 0.702. The van der Waals surface area contributed by atoms with E-state index >= 15 is 0 Å². The van der Waals surface area contributed by atoms with E-state index in [0.717, 1.165) is 5.57 Å². The Balaban J connectivity index is 2.73. The lowest BCUT2D eigenvalue weighted by molar-refractivity contribution is 0.0690. The lowest BCUT2D eigenvalue weighted by Crippen LogP contribution is -2.07. The Morgan fingerprint density at radius 1 is 1.64 bits per heavy atom. The number of hydrogen-bond donors (Lipinski definition) is 2. The molecule has 0 spiro atoms. The Kier molecular flexibility index (Phi) is 3.17. The van der Waals surface area contributed by atoms with Gasteiger partial charge in [0.2, 0.25) is 0 Å². The van der Waals surface area contributed by atoms with Crippen molar-refractivity contribution in [2.45, 2.75) is 6.92 Å². The standard InChI is InChI=1S/C9H11N3O2/c1-6(2)4-10-8-3-7(9(13)14)11-5-12-8/h3,5H,1,4H2,2H3,(H,13,14)(H,10,11,12). The van der Waals surface area contributed by atoms with Gasteiger partial charge in [-0.1, -0.05) is 12.2 Å². The lowest BCUT2D eigenvalue weighted by Gasteiger charge is -2.04. The summed E-state index contributed by atoms with van der Waals surface area (Å²) in [5.41, 5.74) is 0.921. The zero-order valence-electron chi connectivity index (χ0n) is 7.82. The molecule has 0 atom stereocenters. The van der Waals surface area contributed by atoms with Crippen LogP contribution in [0, 0.1) is 0 Å². The molecule has 1 aromatic heterocycles. The average molecular weight is 193 g/mol. The van der Waals surface area contributed by atoms with Gasteiger partial charge >= 0.3 is 5.97 Å². The van der Waals surface area contributed by atoms with Crippen LogP contribution in [0.2, 0.25) is 0 Å². The van der Waals surface area contributed by atoms with Crippen LogP contribution in [0.15, 0.2) is 24.5 Å². The van der Waals surface area contributed by atoms with Crippen molar-refractivity contribution in [3.8, 4) is 0 Å². The molecule has 0 aliphatic carbocycles. The normalized spacial score (nSPS) is 9.50. The average Bonchev–Trinajstić information content (AvgIpc) is 2.15. The minimum Gasteiger partial charge on any atom is -0.477 e. The maximum absolute atomic E-state index is 10.6. The molecular formula is C9H11N3O2. The van der Waals surface area contributed by atoms with Crippen molar-refractivity contribution >= 4 is 11.8 Å². The summed E-state index contributed by atoms with van der Waals surface area (Å²) >= 11 is 0. The number of carbonyl (C=O) groups is 1. The van der Waals surface area contributed by atoms with E-state index < -0.39 is 5.97 Å². The van der Waals surface area contributed by atoms with Crippen LogP contribution in [-0.2, 0) is 0 Å². The minimum atomic E-state index is -1.06. The summed E-state index contributed by atoms with van der Waals surface area (Å²) < 4.78 is 0. The molecule has 0 aliphatic heterocycles. The second-order valence-corrected chi connectivity index (χ2v) is 2.90. The monoisotopic (exact) mass is 193 g/mol. The number of nitrogens with zero attached hydrogens (tertiary/aromatic N) is 2. The van der Waals surface area contributed by atoms with Crippen LogP contribution in [0.5, 0.6) is 0 Å². The van der Waals surface area contributed by atoms with Gasteiger partial charge in [0.1, 0.15) is 12.1 Å². The molecule has 14 heavy (non-hydrogen) atoms. The molecule has 0 aromatic carbocycles. The molecule has 0 amide bonds. The van der Waals surface area contributed by atoms with Crippen molar-refractivity contribution in [2.24, 2.45) is 0 Å². The molecule has 74 valence electrons. The second-order valence-electron chi connectivity index (χ2n) is 2.90. The molecule has 1 heterocycles. The summed E-state index contributed by atoms with van der Waals surface area (Å²) in [6.45, 7) is 6.14. The van der Waals surface area contributed by atoms with Crippen molar-refractivity contribution in [1.82, 2.24) is 9.97 Å². The zero-order chi connectivity index (χ0) is 10.6. The van der Waals surface area contributed by atoms with Crippen LogP contribution in [-0.4, -0.2) is 27.6 Å². The topological polar surface area (TPSA) is 75.1 Å². The molecule has 0 fully saturated rings. The summed E-state index contributed by atoms with van der Waals surface area (Å²) in [4.78, 5) is 18.0. The Morgan fingerprint density at radius 3 is 2.93 bits per heavy atom. The van der Waals surface area contributed by atoms with Crippen LogP contribution in [0.1, 0.15) is 17.4 Å². The van der Waals surface area contributed by atoms with Gasteiger partial charge in [-0.15, -0.1) is 0 Å². The van der Waals surface area contributed by atoms with E-state index in [-0.39, 0.29) is 5.69 Å². The number of aromatic carboxylic acids is 1. The fourth-order valence-electron chi connectivity index (χ4n) is 0.812. The van der Waals surface area contributed by atoms with Crippen LogP contribution in [0.25, 0.3) is 0 Å². The molecule has 2 N–H and O–H groups in total. The predicted molar refractivity (Wildman–Crippen MR) is 52.3 cm³/mol. The van der Waals surface area contributed by atoms with Gasteiger partial charge in [0.25, 0.3) is 0 Å². The molecule has 0 aliphatic rings. The van der Waals surface area contributed by atoms with Crippen molar-refractivity contribution in [2.75, 3.05) is 11.9 Å². The summed E-state index contributed by atoms with van der Waals surface area (Å²) in [6, 6.07) is 1.38. The molecule has 0 saturated heterocycles. The molecule has 0 saturated carbocycles. The van der Waals surface area contributed by atoms with E-state index in [1.54, 1.807) is 0 Å². The Hall–Kier alpha value is -1.91. The van der Waals surface area contributed by atoms with Gasteiger partial charge in [-0.3, -0.25) is 0 Å². The zero-order valence-corrected chi connectivity index (χ0v) is 7.82. The lowest BCUT2D eigenvalue weighted by atomic mass is 10.3. The third-order valence-electron chi connectivity index (χ3n) is 1.46. The third-order valence-corrected chi connectivity index (χ3v) is 1.46.